The van der Waals surface area contributed by atoms with Gasteiger partial charge in [0.05, 0.1) is 4.90 Å². The van der Waals surface area contributed by atoms with Crippen LogP contribution in [0.15, 0.2) is 59.5 Å². The fourth-order valence-corrected chi connectivity index (χ4v) is 4.49. The third-order valence-corrected chi connectivity index (χ3v) is 6.17. The molecule has 6 heteroatoms. The second kappa shape index (κ2) is 6.20. The van der Waals surface area contributed by atoms with Crippen LogP contribution in [0.1, 0.15) is 25.3 Å². The summed E-state index contributed by atoms with van der Waals surface area (Å²) in [7, 11) is -3.73. The van der Waals surface area contributed by atoms with Gasteiger partial charge in [0.1, 0.15) is 11.4 Å². The van der Waals surface area contributed by atoms with Gasteiger partial charge in [-0.1, -0.05) is 30.3 Å². The van der Waals surface area contributed by atoms with Crippen LogP contribution in [0.5, 0.6) is 5.75 Å². The molecular formula is C18H21NO4S. The number of benzene rings is 2. The van der Waals surface area contributed by atoms with Crippen LogP contribution in [0.25, 0.3) is 0 Å². The van der Waals surface area contributed by atoms with Crippen LogP contribution >= 0.6 is 0 Å². The molecule has 1 atom stereocenters. The molecule has 1 saturated carbocycles. The lowest BCUT2D eigenvalue weighted by molar-refractivity contribution is 0.0356. The highest BCUT2D eigenvalue weighted by Gasteiger charge is 2.42. The fourth-order valence-electron chi connectivity index (χ4n) is 2.72. The van der Waals surface area contributed by atoms with Gasteiger partial charge in [-0.3, -0.25) is 0 Å². The summed E-state index contributed by atoms with van der Waals surface area (Å²) in [6.07, 6.45) is 1.59. The van der Waals surface area contributed by atoms with Crippen molar-refractivity contribution in [2.45, 2.75) is 36.3 Å². The topological polar surface area (TPSA) is 77.8 Å². The zero-order valence-electron chi connectivity index (χ0n) is 13.5. The number of phenolic OH excluding ortho intramolecular Hbond substituents is 1. The normalized spacial score (nSPS) is 17.6. The van der Waals surface area contributed by atoms with E-state index in [-0.39, 0.29) is 23.2 Å². The number of nitrogens with zero attached hydrogens (tertiary/aromatic N) is 1. The number of hydrogen-bond acceptors (Lipinski definition) is 4. The van der Waals surface area contributed by atoms with Crippen molar-refractivity contribution >= 4 is 10.0 Å². The van der Waals surface area contributed by atoms with Crippen LogP contribution in [0.2, 0.25) is 0 Å². The molecule has 2 aromatic rings. The second-order valence-corrected chi connectivity index (χ2v) is 8.31. The number of sulfonamides is 1. The maximum absolute atomic E-state index is 13.0. The summed E-state index contributed by atoms with van der Waals surface area (Å²) in [6, 6.07) is 14.5. The minimum Gasteiger partial charge on any atom is -0.508 e. The molecule has 1 aliphatic carbocycles. The summed E-state index contributed by atoms with van der Waals surface area (Å²) in [5, 5.41) is 20.2. The van der Waals surface area contributed by atoms with E-state index < -0.39 is 15.6 Å². The van der Waals surface area contributed by atoms with Crippen LogP contribution in [0.3, 0.4) is 0 Å². The summed E-state index contributed by atoms with van der Waals surface area (Å²) >= 11 is 0. The zero-order valence-corrected chi connectivity index (χ0v) is 14.3. The monoisotopic (exact) mass is 347 g/mol. The molecule has 0 bridgehead atoms. The Hall–Kier alpha value is -1.89. The third kappa shape index (κ3) is 3.45. The Morgan fingerprint density at radius 1 is 1.08 bits per heavy atom. The van der Waals surface area contributed by atoms with Crippen LogP contribution in [0, 0.1) is 0 Å². The molecule has 2 aromatic carbocycles. The first kappa shape index (κ1) is 17.0. The van der Waals surface area contributed by atoms with Gasteiger partial charge in [0.25, 0.3) is 0 Å². The molecule has 128 valence electrons. The van der Waals surface area contributed by atoms with Gasteiger partial charge in [-0.25, -0.2) is 8.42 Å². The van der Waals surface area contributed by atoms with E-state index in [4.69, 9.17) is 0 Å². The van der Waals surface area contributed by atoms with Crippen molar-refractivity contribution in [3.05, 3.63) is 60.2 Å². The lowest BCUT2D eigenvalue weighted by Crippen LogP contribution is -2.43. The molecular weight excluding hydrogens is 326 g/mol. The van der Waals surface area contributed by atoms with Crippen molar-refractivity contribution in [3.8, 4) is 5.75 Å². The van der Waals surface area contributed by atoms with E-state index in [9.17, 15) is 18.6 Å². The Balaban J connectivity index is 1.91. The third-order valence-electron chi connectivity index (χ3n) is 4.26. The van der Waals surface area contributed by atoms with Crippen molar-refractivity contribution in [1.29, 1.82) is 0 Å². The predicted octanol–water partition coefficient (Wildman–Crippen LogP) is 2.45. The van der Waals surface area contributed by atoms with Gasteiger partial charge in [0, 0.05) is 12.6 Å². The van der Waals surface area contributed by atoms with Gasteiger partial charge in [-0.05, 0) is 49.6 Å². The first-order valence-electron chi connectivity index (χ1n) is 7.89. The highest BCUT2D eigenvalue weighted by atomic mass is 32.2. The highest BCUT2D eigenvalue weighted by Crippen LogP contribution is 2.35. The molecule has 3 rings (SSSR count). The first-order chi connectivity index (χ1) is 11.3. The summed E-state index contributed by atoms with van der Waals surface area (Å²) in [6.45, 7) is 1.62. The second-order valence-electron chi connectivity index (χ2n) is 6.42. The van der Waals surface area contributed by atoms with Crippen molar-refractivity contribution in [2.24, 2.45) is 0 Å². The molecule has 0 amide bonds. The number of rotatable bonds is 6. The lowest BCUT2D eigenvalue weighted by Gasteiger charge is -2.31. The number of hydrogen-bond donors (Lipinski definition) is 2. The molecule has 24 heavy (non-hydrogen) atoms. The van der Waals surface area contributed by atoms with Gasteiger partial charge in [-0.15, -0.1) is 0 Å². The van der Waals surface area contributed by atoms with Crippen molar-refractivity contribution in [2.75, 3.05) is 6.54 Å². The summed E-state index contributed by atoms with van der Waals surface area (Å²) < 4.78 is 27.3. The van der Waals surface area contributed by atoms with E-state index in [0.29, 0.717) is 5.56 Å². The Labute approximate surface area is 142 Å². The molecule has 0 aromatic heterocycles. The van der Waals surface area contributed by atoms with Crippen LogP contribution < -0.4 is 0 Å². The van der Waals surface area contributed by atoms with Crippen molar-refractivity contribution in [3.63, 3.8) is 0 Å². The van der Waals surface area contributed by atoms with Gasteiger partial charge in [0.15, 0.2) is 0 Å². The van der Waals surface area contributed by atoms with E-state index in [1.165, 1.54) is 28.6 Å². The number of aliphatic hydroxyl groups is 1. The molecule has 1 aliphatic rings. The molecule has 0 saturated heterocycles. The predicted molar refractivity (Wildman–Crippen MR) is 91.0 cm³/mol. The maximum atomic E-state index is 13.0. The quantitative estimate of drug-likeness (QED) is 0.841. The largest absolute Gasteiger partial charge is 0.508 e. The van der Waals surface area contributed by atoms with Gasteiger partial charge in [-0.2, -0.15) is 4.31 Å². The van der Waals surface area contributed by atoms with E-state index in [1.54, 1.807) is 19.1 Å². The Morgan fingerprint density at radius 2 is 1.67 bits per heavy atom. The molecule has 0 spiro atoms. The Kier molecular flexibility index (Phi) is 4.38. The first-order valence-corrected chi connectivity index (χ1v) is 9.33. The lowest BCUT2D eigenvalue weighted by atomic mass is 9.96. The summed E-state index contributed by atoms with van der Waals surface area (Å²) in [5.74, 6) is 0.0169. The van der Waals surface area contributed by atoms with Crippen molar-refractivity contribution in [1.82, 2.24) is 4.31 Å². The standard InChI is InChI=1S/C18H21NO4S/c1-18(21,14-5-3-2-4-6-14)13-19(15-7-8-15)24(22,23)17-11-9-16(20)10-12-17/h2-6,9-12,15,20-21H,7-8,13H2,1H3/t18-/m0/s1. The summed E-state index contributed by atoms with van der Waals surface area (Å²) in [5.41, 5.74) is -0.607. The smallest absolute Gasteiger partial charge is 0.243 e. The van der Waals surface area contributed by atoms with Gasteiger partial charge in [0.2, 0.25) is 10.0 Å². The van der Waals surface area contributed by atoms with Gasteiger partial charge >= 0.3 is 0 Å². The fraction of sp³-hybridized carbons (Fsp3) is 0.333. The highest BCUT2D eigenvalue weighted by molar-refractivity contribution is 7.89. The average molecular weight is 347 g/mol. The van der Waals surface area contributed by atoms with E-state index in [0.717, 1.165) is 12.8 Å². The van der Waals surface area contributed by atoms with Crippen LogP contribution in [0.4, 0.5) is 0 Å². The maximum Gasteiger partial charge on any atom is 0.243 e. The average Bonchev–Trinajstić information content (AvgIpc) is 3.38. The van der Waals surface area contributed by atoms with Crippen LogP contribution in [-0.2, 0) is 15.6 Å². The van der Waals surface area contributed by atoms with Crippen LogP contribution in [-0.4, -0.2) is 35.5 Å². The molecule has 1 fully saturated rings. The molecule has 0 radical (unpaired) electrons. The molecule has 2 N–H and O–H groups in total. The zero-order chi connectivity index (χ0) is 17.4. The molecule has 0 unspecified atom stereocenters. The SMILES string of the molecule is C[C@](O)(CN(C1CC1)S(=O)(=O)c1ccc(O)cc1)c1ccccc1. The van der Waals surface area contributed by atoms with Crippen molar-refractivity contribution < 1.29 is 18.6 Å². The number of aromatic hydroxyl groups is 1. The van der Waals surface area contributed by atoms with Gasteiger partial charge < -0.3 is 10.2 Å². The molecule has 5 nitrogen and oxygen atoms in total. The minimum atomic E-state index is -3.73. The Morgan fingerprint density at radius 3 is 2.21 bits per heavy atom. The van der Waals surface area contributed by atoms with E-state index in [2.05, 4.69) is 0 Å². The van der Waals surface area contributed by atoms with E-state index in [1.807, 2.05) is 18.2 Å². The Bertz CT molecular complexity index is 797. The minimum absolute atomic E-state index is 0.00904. The molecule has 0 heterocycles. The number of phenols is 1. The summed E-state index contributed by atoms with van der Waals surface area (Å²) in [4.78, 5) is 0.121. The van der Waals surface area contributed by atoms with E-state index >= 15 is 0 Å². The molecule has 0 aliphatic heterocycles.